The first-order valence-electron chi connectivity index (χ1n) is 23.0. The van der Waals surface area contributed by atoms with E-state index in [4.69, 9.17) is 9.97 Å². The number of unbranched alkanes of at least 4 members (excludes halogenated alkanes) is 2. The molecule has 0 aliphatic rings. The molecule has 9 aromatic rings. The molecule has 0 bridgehead atoms. The number of H-pyrrole nitrogens is 1. The second-order valence-corrected chi connectivity index (χ2v) is 16.8. The zero-order chi connectivity index (χ0) is 48.4. The summed E-state index contributed by atoms with van der Waals surface area (Å²) in [6.45, 7) is 7.91. The van der Waals surface area contributed by atoms with Crippen LogP contribution in [0.5, 0.6) is 0 Å². The van der Waals surface area contributed by atoms with Gasteiger partial charge in [-0.1, -0.05) is 118 Å². The molecular formula is C52H53N15O2. The summed E-state index contributed by atoms with van der Waals surface area (Å²) in [6.07, 6.45) is 9.60. The van der Waals surface area contributed by atoms with Crippen molar-refractivity contribution < 1.29 is 0 Å². The third-order valence-electron chi connectivity index (χ3n) is 11.8. The minimum Gasteiger partial charge on any atom is -0.268 e. The fraction of sp³-hybridized carbons (Fsp3) is 0.269. The van der Waals surface area contributed by atoms with Crippen LogP contribution in [0.25, 0.3) is 45.5 Å². The van der Waals surface area contributed by atoms with Crippen molar-refractivity contribution >= 4 is 0 Å². The Labute approximate surface area is 399 Å². The van der Waals surface area contributed by atoms with Gasteiger partial charge in [-0.2, -0.15) is 20.4 Å². The second-order valence-electron chi connectivity index (χ2n) is 16.8. The molecular weight excluding hydrogens is 867 g/mol. The van der Waals surface area contributed by atoms with E-state index in [0.29, 0.717) is 58.9 Å². The topological polar surface area (TPSA) is 209 Å². The Morgan fingerprint density at radius 2 is 1.07 bits per heavy atom. The maximum absolute atomic E-state index is 13.7. The van der Waals surface area contributed by atoms with Crippen molar-refractivity contribution in [1.82, 2.24) is 69.3 Å². The van der Waals surface area contributed by atoms with Gasteiger partial charge in [-0.15, -0.1) is 20.4 Å². The average molecular weight is 920 g/mol. The van der Waals surface area contributed by atoms with Gasteiger partial charge in [0, 0.05) is 43.6 Å². The molecule has 17 heteroatoms. The van der Waals surface area contributed by atoms with E-state index in [2.05, 4.69) is 85.0 Å². The normalized spacial score (nSPS) is 11.0. The number of benzene rings is 4. The van der Waals surface area contributed by atoms with Crippen LogP contribution in [-0.2, 0) is 39.8 Å². The lowest BCUT2D eigenvalue weighted by Crippen LogP contribution is -2.29. The van der Waals surface area contributed by atoms with E-state index < -0.39 is 0 Å². The SMILES string of the molecule is CCCCc1nc(C)n(-c2ncn(C)n2)c(=O)c1Cc1ccc(-c2ccccc2-c2nn[nH]n2)cc1.CCCCc1nc(C)n(-c2ncn(C)n2)c(=O)c1Cc1ccc(-c2ccccc2C#N)cc1. The van der Waals surface area contributed by atoms with E-state index in [-0.39, 0.29) is 11.1 Å². The van der Waals surface area contributed by atoms with Crippen molar-refractivity contribution in [3.05, 3.63) is 181 Å². The van der Waals surface area contributed by atoms with Gasteiger partial charge in [0.2, 0.25) is 5.82 Å². The smallest absolute Gasteiger partial charge is 0.264 e. The highest BCUT2D eigenvalue weighted by atomic mass is 16.1. The number of rotatable bonds is 15. The van der Waals surface area contributed by atoms with Crippen LogP contribution in [0.3, 0.4) is 0 Å². The maximum Gasteiger partial charge on any atom is 0.264 e. The summed E-state index contributed by atoms with van der Waals surface area (Å²) < 4.78 is 6.14. The molecule has 0 saturated heterocycles. The third kappa shape index (κ3) is 10.6. The van der Waals surface area contributed by atoms with Gasteiger partial charge in [-0.25, -0.2) is 19.1 Å². The summed E-state index contributed by atoms with van der Waals surface area (Å²) in [5, 5.41) is 32.5. The van der Waals surface area contributed by atoms with Gasteiger partial charge >= 0.3 is 0 Å². The molecule has 0 fully saturated rings. The number of hydrogen-bond acceptors (Lipinski definition) is 12. The molecule has 0 amide bonds. The number of nitriles is 1. The third-order valence-corrected chi connectivity index (χ3v) is 11.8. The van der Waals surface area contributed by atoms with E-state index in [1.54, 1.807) is 36.1 Å². The first-order valence-corrected chi connectivity index (χ1v) is 23.0. The molecule has 0 saturated carbocycles. The van der Waals surface area contributed by atoms with Gasteiger partial charge in [0.05, 0.1) is 23.0 Å². The van der Waals surface area contributed by atoms with E-state index in [9.17, 15) is 14.9 Å². The quantitative estimate of drug-likeness (QED) is 0.105. The maximum atomic E-state index is 13.7. The monoisotopic (exact) mass is 919 g/mol. The minimum absolute atomic E-state index is 0.119. The number of aromatic nitrogens is 14. The summed E-state index contributed by atoms with van der Waals surface area (Å²) in [6, 6.07) is 34.0. The second kappa shape index (κ2) is 21.4. The molecule has 5 heterocycles. The van der Waals surface area contributed by atoms with Gasteiger partial charge in [0.1, 0.15) is 24.3 Å². The molecule has 9 rings (SSSR count). The van der Waals surface area contributed by atoms with Crippen LogP contribution in [0, 0.1) is 25.2 Å². The molecule has 1 N–H and O–H groups in total. The molecule has 69 heavy (non-hydrogen) atoms. The van der Waals surface area contributed by atoms with Crippen LogP contribution in [0.1, 0.15) is 90.4 Å². The zero-order valence-electron chi connectivity index (χ0n) is 39.6. The summed E-state index contributed by atoms with van der Waals surface area (Å²) in [5.41, 5.74) is 10.3. The molecule has 0 unspecified atom stereocenters. The number of hydrogen-bond donors (Lipinski definition) is 1. The number of aryl methyl sites for hydroxylation is 6. The lowest BCUT2D eigenvalue weighted by atomic mass is 9.96. The van der Waals surface area contributed by atoms with E-state index in [1.165, 1.54) is 9.13 Å². The van der Waals surface area contributed by atoms with Crippen LogP contribution in [0.15, 0.2) is 119 Å². The van der Waals surface area contributed by atoms with Crippen molar-refractivity contribution in [1.29, 1.82) is 5.26 Å². The number of nitrogens with one attached hydrogen (secondary N) is 1. The molecule has 0 atom stereocenters. The van der Waals surface area contributed by atoms with Crippen LogP contribution < -0.4 is 11.1 Å². The highest BCUT2D eigenvalue weighted by Crippen LogP contribution is 2.30. The summed E-state index contributed by atoms with van der Waals surface area (Å²) in [7, 11) is 3.55. The van der Waals surface area contributed by atoms with E-state index >= 15 is 0 Å². The molecule has 0 spiro atoms. The zero-order valence-corrected chi connectivity index (χ0v) is 39.6. The Kier molecular flexibility index (Phi) is 14.6. The fourth-order valence-electron chi connectivity index (χ4n) is 8.28. The Hall–Kier alpha value is -8.52. The molecule has 348 valence electrons. The van der Waals surface area contributed by atoms with E-state index in [1.807, 2.05) is 86.6 Å². The summed E-state index contributed by atoms with van der Waals surface area (Å²) in [5.74, 6) is 2.40. The predicted octanol–water partition coefficient (Wildman–Crippen LogP) is 7.59. The first-order chi connectivity index (χ1) is 33.6. The Bertz CT molecular complexity index is 3360. The van der Waals surface area contributed by atoms with Crippen molar-refractivity contribution in [2.45, 2.75) is 79.1 Å². The molecule has 5 aromatic heterocycles. The lowest BCUT2D eigenvalue weighted by Gasteiger charge is -2.14. The average Bonchev–Trinajstić information content (AvgIpc) is 4.16. The van der Waals surface area contributed by atoms with Crippen LogP contribution in [0.2, 0.25) is 0 Å². The lowest BCUT2D eigenvalue weighted by molar-refractivity contribution is 0.705. The molecule has 0 aliphatic carbocycles. The van der Waals surface area contributed by atoms with Gasteiger partial charge in [0.15, 0.2) is 0 Å². The van der Waals surface area contributed by atoms with Gasteiger partial charge in [-0.05, 0) is 84.2 Å². The fourth-order valence-corrected chi connectivity index (χ4v) is 8.28. The Morgan fingerprint density at radius 3 is 1.51 bits per heavy atom. The van der Waals surface area contributed by atoms with Crippen LogP contribution in [0.4, 0.5) is 0 Å². The summed E-state index contributed by atoms with van der Waals surface area (Å²) in [4.78, 5) is 45.3. The Morgan fingerprint density at radius 1 is 0.609 bits per heavy atom. The van der Waals surface area contributed by atoms with Crippen molar-refractivity contribution in [3.63, 3.8) is 0 Å². The molecule has 17 nitrogen and oxygen atoms in total. The van der Waals surface area contributed by atoms with Crippen molar-refractivity contribution in [2.24, 2.45) is 14.1 Å². The summed E-state index contributed by atoms with van der Waals surface area (Å²) >= 11 is 0. The Balaban J connectivity index is 0.000000187. The van der Waals surface area contributed by atoms with Gasteiger partial charge < -0.3 is 0 Å². The number of tetrazole rings is 1. The highest BCUT2D eigenvalue weighted by Gasteiger charge is 2.21. The molecule has 4 aromatic carbocycles. The number of aromatic amines is 1. The predicted molar refractivity (Wildman–Crippen MR) is 263 cm³/mol. The van der Waals surface area contributed by atoms with Crippen LogP contribution in [-0.4, -0.2) is 69.3 Å². The van der Waals surface area contributed by atoms with E-state index in [0.717, 1.165) is 88.9 Å². The standard InChI is InChI=1S/C26H27N9O.C26H26N6O/c1-4-5-10-23-22(25(36)35(17(2)28-23)26-27-16-34(3)31-26)15-18-11-13-19(14-12-18)20-8-6-7-9-21(20)24-29-32-33-30-24;1-4-5-10-24-23(25(33)32(18(2)29-24)26-28-17-31(3)30-26)15-19-11-13-20(14-12-19)22-9-7-6-8-21(22)16-27/h6-9,11-14,16H,4-5,10,15H2,1-3H3,(H,29,30,32,33);6-9,11-14,17H,4-5,10,15H2,1-3H3. The number of nitrogens with zero attached hydrogens (tertiary/aromatic N) is 14. The highest BCUT2D eigenvalue weighted by molar-refractivity contribution is 5.80. The van der Waals surface area contributed by atoms with Gasteiger partial charge in [-0.3, -0.25) is 19.0 Å². The minimum atomic E-state index is -0.126. The van der Waals surface area contributed by atoms with Gasteiger partial charge in [0.25, 0.3) is 23.0 Å². The first kappa shape index (κ1) is 47.0. The van der Waals surface area contributed by atoms with Crippen molar-refractivity contribution in [3.8, 4) is 51.6 Å². The van der Waals surface area contributed by atoms with Crippen molar-refractivity contribution in [2.75, 3.05) is 0 Å². The largest absolute Gasteiger partial charge is 0.268 e. The molecule has 0 aliphatic heterocycles. The molecule has 0 radical (unpaired) electrons. The van der Waals surface area contributed by atoms with Crippen LogP contribution >= 0.6 is 0 Å².